The molecule has 0 spiro atoms. The van der Waals surface area contributed by atoms with Crippen molar-refractivity contribution in [3.63, 3.8) is 0 Å². The second kappa shape index (κ2) is 5.86. The van der Waals surface area contributed by atoms with Crippen molar-refractivity contribution < 1.29 is 4.79 Å². The summed E-state index contributed by atoms with van der Waals surface area (Å²) >= 11 is 5.91. The number of hydrogen-bond donors (Lipinski definition) is 1. The number of halogens is 1. The molecule has 4 nitrogen and oxygen atoms in total. The summed E-state index contributed by atoms with van der Waals surface area (Å²) in [6, 6.07) is 9.65. The minimum absolute atomic E-state index is 0.0759. The van der Waals surface area contributed by atoms with Gasteiger partial charge < -0.3 is 10.2 Å². The summed E-state index contributed by atoms with van der Waals surface area (Å²) in [5.41, 5.74) is 1.34. The maximum absolute atomic E-state index is 12.0. The van der Waals surface area contributed by atoms with Crippen LogP contribution in [0.3, 0.4) is 0 Å². The highest BCUT2D eigenvalue weighted by Crippen LogP contribution is 2.41. The number of nitrogens with zero attached hydrogens (tertiary/aromatic N) is 2. The topological polar surface area (TPSA) is 56.1 Å². The van der Waals surface area contributed by atoms with E-state index in [9.17, 15) is 10.1 Å². The maximum Gasteiger partial charge on any atom is 0.228 e. The Morgan fingerprint density at radius 2 is 2.27 bits per heavy atom. The Bertz CT molecular complexity index is 698. The third kappa shape index (κ3) is 3.15. The van der Waals surface area contributed by atoms with Crippen LogP contribution in [0, 0.1) is 11.3 Å². The van der Waals surface area contributed by atoms with Crippen molar-refractivity contribution in [3.8, 4) is 6.07 Å². The molecule has 1 heterocycles. The highest BCUT2D eigenvalue weighted by Gasteiger charge is 2.47. The van der Waals surface area contributed by atoms with Crippen LogP contribution in [-0.4, -0.2) is 22.9 Å². The van der Waals surface area contributed by atoms with Crippen molar-refractivity contribution in [1.29, 1.82) is 5.26 Å². The van der Waals surface area contributed by atoms with Gasteiger partial charge in [0.1, 0.15) is 5.54 Å². The molecule has 1 aromatic carbocycles. The van der Waals surface area contributed by atoms with E-state index in [1.165, 1.54) is 0 Å². The molecule has 0 radical (unpaired) electrons. The summed E-state index contributed by atoms with van der Waals surface area (Å²) in [7, 11) is 0. The molecule has 0 unspecified atom stereocenters. The van der Waals surface area contributed by atoms with E-state index < -0.39 is 0 Å². The molecule has 1 saturated carbocycles. The van der Waals surface area contributed by atoms with E-state index in [1.807, 2.05) is 35.4 Å². The number of allylic oxidation sites excluding steroid dienone is 1. The predicted molar refractivity (Wildman–Crippen MR) is 84.8 cm³/mol. The Kier molecular flexibility index (Phi) is 3.91. The fourth-order valence-corrected chi connectivity index (χ4v) is 2.74. The van der Waals surface area contributed by atoms with Gasteiger partial charge in [-0.3, -0.25) is 4.79 Å². The summed E-state index contributed by atoms with van der Waals surface area (Å²) < 4.78 is 0. The number of carbonyl (C=O) groups is 1. The summed E-state index contributed by atoms with van der Waals surface area (Å²) in [6.07, 6.45) is 7.79. The first kappa shape index (κ1) is 14.7. The highest BCUT2D eigenvalue weighted by molar-refractivity contribution is 6.30. The molecule has 0 atom stereocenters. The fraction of sp³-hybridized carbons (Fsp3) is 0.294. The molecule has 3 rings (SSSR count). The first-order valence-corrected chi connectivity index (χ1v) is 7.60. The largest absolute Gasteiger partial charge is 0.356 e. The molecule has 5 heteroatoms. The van der Waals surface area contributed by atoms with Crippen LogP contribution in [-0.2, 0) is 11.2 Å². The summed E-state index contributed by atoms with van der Waals surface area (Å²) in [5.74, 6) is -0.0759. The molecule has 1 aromatic rings. The zero-order valence-electron chi connectivity index (χ0n) is 12.1. The monoisotopic (exact) mass is 313 g/mol. The van der Waals surface area contributed by atoms with Crippen LogP contribution in [0.1, 0.15) is 18.4 Å². The number of nitriles is 1. The Morgan fingerprint density at radius 1 is 1.45 bits per heavy atom. The Morgan fingerprint density at radius 3 is 2.86 bits per heavy atom. The van der Waals surface area contributed by atoms with Crippen molar-refractivity contribution in [2.24, 2.45) is 0 Å². The van der Waals surface area contributed by atoms with Gasteiger partial charge in [0.15, 0.2) is 0 Å². The highest BCUT2D eigenvalue weighted by atomic mass is 35.5. The van der Waals surface area contributed by atoms with Gasteiger partial charge in [-0.2, -0.15) is 5.26 Å². The normalized spacial score (nSPS) is 18.4. The molecule has 1 amide bonds. The van der Waals surface area contributed by atoms with E-state index >= 15 is 0 Å². The molecule has 22 heavy (non-hydrogen) atoms. The summed E-state index contributed by atoms with van der Waals surface area (Å²) in [4.78, 5) is 14.1. The lowest BCUT2D eigenvalue weighted by atomic mass is 10.1. The van der Waals surface area contributed by atoms with Crippen LogP contribution in [0.5, 0.6) is 0 Å². The van der Waals surface area contributed by atoms with E-state index in [-0.39, 0.29) is 17.9 Å². The van der Waals surface area contributed by atoms with Crippen molar-refractivity contribution in [2.45, 2.75) is 24.8 Å². The lowest BCUT2D eigenvalue weighted by Crippen LogP contribution is -2.35. The summed E-state index contributed by atoms with van der Waals surface area (Å²) in [6.45, 7) is 0.650. The Balaban J connectivity index is 1.55. The second-order valence-electron chi connectivity index (χ2n) is 5.63. The summed E-state index contributed by atoms with van der Waals surface area (Å²) in [5, 5.41) is 12.7. The van der Waals surface area contributed by atoms with Crippen LogP contribution in [0.4, 0.5) is 0 Å². The van der Waals surface area contributed by atoms with Gasteiger partial charge in [-0.25, -0.2) is 0 Å². The van der Waals surface area contributed by atoms with Crippen LogP contribution in [0.2, 0.25) is 5.02 Å². The molecule has 0 aromatic heterocycles. The van der Waals surface area contributed by atoms with Crippen LogP contribution in [0.15, 0.2) is 48.3 Å². The quantitative estimate of drug-likeness (QED) is 0.930. The van der Waals surface area contributed by atoms with Gasteiger partial charge in [-0.15, -0.1) is 0 Å². The van der Waals surface area contributed by atoms with Crippen molar-refractivity contribution in [3.05, 3.63) is 58.9 Å². The smallest absolute Gasteiger partial charge is 0.228 e. The zero-order chi connectivity index (χ0) is 15.6. The Labute approximate surface area is 134 Å². The average molecular weight is 314 g/mol. The number of amides is 1. The molecule has 0 bridgehead atoms. The van der Waals surface area contributed by atoms with E-state index in [2.05, 4.69) is 11.4 Å². The molecular weight excluding hydrogens is 298 g/mol. The first-order valence-electron chi connectivity index (χ1n) is 7.22. The molecule has 0 saturated heterocycles. The fourth-order valence-electron chi connectivity index (χ4n) is 2.53. The van der Waals surface area contributed by atoms with Crippen LogP contribution < -0.4 is 5.32 Å². The number of rotatable bonds is 4. The van der Waals surface area contributed by atoms with Gasteiger partial charge in [0.25, 0.3) is 0 Å². The molecule has 2 aliphatic rings. The average Bonchev–Trinajstić information content (AvgIpc) is 3.29. The Hall–Kier alpha value is -2.25. The first-order chi connectivity index (χ1) is 10.6. The van der Waals surface area contributed by atoms with Crippen molar-refractivity contribution in [2.75, 3.05) is 6.54 Å². The van der Waals surface area contributed by atoms with Crippen LogP contribution >= 0.6 is 11.6 Å². The van der Waals surface area contributed by atoms with Gasteiger partial charge in [0.05, 0.1) is 12.5 Å². The van der Waals surface area contributed by atoms with Gasteiger partial charge in [0.2, 0.25) is 5.91 Å². The standard InChI is InChI=1S/C17H16ClN3O/c18-14-3-1-2-13(10-14)11-16(22)20-15-4-8-21(9-5-15)17(12-19)6-7-17/h1-5,8,10H,6-7,9,11H2,(H,20,22). The number of nitrogens with one attached hydrogen (secondary N) is 1. The van der Waals surface area contributed by atoms with E-state index in [0.29, 0.717) is 11.6 Å². The third-order valence-corrected chi connectivity index (χ3v) is 4.20. The van der Waals surface area contributed by atoms with Crippen LogP contribution in [0.25, 0.3) is 0 Å². The van der Waals surface area contributed by atoms with E-state index in [1.54, 1.807) is 12.1 Å². The van der Waals surface area contributed by atoms with Gasteiger partial charge in [-0.05, 0) is 42.7 Å². The molecule has 112 valence electrons. The third-order valence-electron chi connectivity index (χ3n) is 3.96. The second-order valence-corrected chi connectivity index (χ2v) is 6.06. The molecule has 1 N–H and O–H groups in total. The van der Waals surface area contributed by atoms with Crippen molar-refractivity contribution >= 4 is 17.5 Å². The molecule has 1 aliphatic heterocycles. The number of benzene rings is 1. The minimum atomic E-state index is -0.316. The maximum atomic E-state index is 12.0. The predicted octanol–water partition coefficient (Wildman–Crippen LogP) is 2.77. The van der Waals surface area contributed by atoms with E-state index in [0.717, 1.165) is 24.1 Å². The number of carbonyl (C=O) groups excluding carboxylic acids is 1. The van der Waals surface area contributed by atoms with Crippen molar-refractivity contribution in [1.82, 2.24) is 10.2 Å². The van der Waals surface area contributed by atoms with Gasteiger partial charge in [-0.1, -0.05) is 23.7 Å². The zero-order valence-corrected chi connectivity index (χ0v) is 12.8. The lowest BCUT2D eigenvalue weighted by Gasteiger charge is -2.27. The lowest BCUT2D eigenvalue weighted by molar-refractivity contribution is -0.119. The molecular formula is C17H16ClN3O. The van der Waals surface area contributed by atoms with Gasteiger partial charge in [0, 0.05) is 23.5 Å². The van der Waals surface area contributed by atoms with Gasteiger partial charge >= 0.3 is 0 Å². The molecule has 1 aliphatic carbocycles. The molecule has 1 fully saturated rings. The SMILES string of the molecule is N#CC1(N2C=CC(NC(=O)Cc3cccc(Cl)c3)=CC2)CC1. The number of hydrogen-bond acceptors (Lipinski definition) is 3. The minimum Gasteiger partial charge on any atom is -0.356 e. The van der Waals surface area contributed by atoms with E-state index in [4.69, 9.17) is 11.6 Å².